The number of aromatic nitrogens is 1. The lowest BCUT2D eigenvalue weighted by Crippen LogP contribution is -2.59. The number of hydrogen-bond donors (Lipinski definition) is 0. The number of carbonyl (C=O) groups is 1. The van der Waals surface area contributed by atoms with Crippen LogP contribution in [0.3, 0.4) is 0 Å². The molecule has 0 radical (unpaired) electrons. The topological polar surface area (TPSA) is 63.0 Å². The van der Waals surface area contributed by atoms with E-state index in [0.717, 1.165) is 22.6 Å². The molecule has 0 aliphatic carbocycles. The second-order valence-electron chi connectivity index (χ2n) is 7.86. The number of Topliss-reactive ketones (excluding diaryl/α,β-unsaturated/α-hetero) is 1. The molecule has 39 heavy (non-hydrogen) atoms. The van der Waals surface area contributed by atoms with E-state index in [-0.39, 0.29) is 23.4 Å². The van der Waals surface area contributed by atoms with Crippen molar-refractivity contribution in [2.45, 2.75) is 37.0 Å². The third-order valence-electron chi connectivity index (χ3n) is 5.41. The van der Waals surface area contributed by atoms with Gasteiger partial charge in [0.1, 0.15) is 17.5 Å². The van der Waals surface area contributed by atoms with Crippen LogP contribution in [0.2, 0.25) is 0 Å². The average Bonchev–Trinajstić information content (AvgIpc) is 2.82. The number of rotatable bonds is 7. The van der Waals surface area contributed by atoms with Gasteiger partial charge < -0.3 is 4.74 Å². The number of ketones is 1. The maximum absolute atomic E-state index is 14.9. The summed E-state index contributed by atoms with van der Waals surface area (Å²) < 4.78 is 151. The van der Waals surface area contributed by atoms with Crippen LogP contribution in [0.25, 0.3) is 10.9 Å². The number of alkyl halides is 11. The van der Waals surface area contributed by atoms with Crippen LogP contribution in [0, 0.1) is 14.9 Å². The van der Waals surface area contributed by atoms with Crippen molar-refractivity contribution in [3.63, 3.8) is 0 Å². The van der Waals surface area contributed by atoms with E-state index >= 15 is 0 Å². The molecule has 4 nitrogen and oxygen atoms in total. The molecule has 0 bridgehead atoms. The quantitative estimate of drug-likeness (QED) is 0.146. The first-order valence-electron chi connectivity index (χ1n) is 10.2. The highest BCUT2D eigenvalue weighted by Crippen LogP contribution is 2.58. The normalized spacial score (nSPS) is 14.3. The number of benzene rings is 2. The van der Waals surface area contributed by atoms with Gasteiger partial charge in [-0.05, 0) is 65.1 Å². The molecule has 0 aliphatic heterocycles. The molecule has 0 spiro atoms. The second kappa shape index (κ2) is 10.4. The van der Waals surface area contributed by atoms with Crippen molar-refractivity contribution in [1.82, 2.24) is 4.98 Å². The SMILES string of the molecule is N#Cc1ccc2cc(C(=O)Cc3c(I)cc(C(F)(C(F)(F)F)C(F)(F)C(F)(F)F)cc3OC(F)F)ccc2n1. The van der Waals surface area contributed by atoms with Crippen LogP contribution in [0.1, 0.15) is 27.2 Å². The molecule has 0 aliphatic rings. The summed E-state index contributed by atoms with van der Waals surface area (Å²) in [4.78, 5) is 16.8. The lowest BCUT2D eigenvalue weighted by atomic mass is 9.86. The summed E-state index contributed by atoms with van der Waals surface area (Å²) in [6, 6.07) is 7.96. The summed E-state index contributed by atoms with van der Waals surface area (Å²) in [7, 11) is 0. The van der Waals surface area contributed by atoms with Gasteiger partial charge in [-0.25, -0.2) is 9.37 Å². The maximum atomic E-state index is 14.9. The van der Waals surface area contributed by atoms with Gasteiger partial charge in [-0.15, -0.1) is 0 Å². The number of fused-ring (bicyclic) bond motifs is 1. The van der Waals surface area contributed by atoms with E-state index in [1.807, 2.05) is 0 Å². The molecular formula is C23H10F11IN2O2. The molecule has 1 heterocycles. The van der Waals surface area contributed by atoms with Crippen LogP contribution < -0.4 is 4.74 Å². The van der Waals surface area contributed by atoms with Gasteiger partial charge in [-0.3, -0.25) is 4.79 Å². The van der Waals surface area contributed by atoms with Crippen molar-refractivity contribution < 1.29 is 57.8 Å². The summed E-state index contributed by atoms with van der Waals surface area (Å²) in [6.07, 6.45) is -14.8. The highest BCUT2D eigenvalue weighted by atomic mass is 127. The number of carbonyl (C=O) groups excluding carboxylic acids is 1. The van der Waals surface area contributed by atoms with E-state index in [0.29, 0.717) is 10.9 Å². The first-order valence-corrected chi connectivity index (χ1v) is 11.2. The first kappa shape index (κ1) is 30.3. The fraction of sp³-hybridized carbons (Fsp3) is 0.261. The molecule has 0 amide bonds. The van der Waals surface area contributed by atoms with Gasteiger partial charge in [-0.1, -0.05) is 0 Å². The zero-order valence-corrected chi connectivity index (χ0v) is 20.7. The van der Waals surface area contributed by atoms with Gasteiger partial charge in [0.2, 0.25) is 0 Å². The first-order chi connectivity index (χ1) is 17.8. The molecule has 208 valence electrons. The Balaban J connectivity index is 2.13. The fourth-order valence-corrected chi connectivity index (χ4v) is 4.32. The minimum absolute atomic E-state index is 0.0532. The Morgan fingerprint density at radius 3 is 2.13 bits per heavy atom. The van der Waals surface area contributed by atoms with E-state index in [4.69, 9.17) is 5.26 Å². The molecule has 1 atom stereocenters. The number of nitriles is 1. The zero-order chi connectivity index (χ0) is 29.6. The third-order valence-corrected chi connectivity index (χ3v) is 6.37. The van der Waals surface area contributed by atoms with Gasteiger partial charge in [0.25, 0.3) is 0 Å². The predicted molar refractivity (Wildman–Crippen MR) is 120 cm³/mol. The summed E-state index contributed by atoms with van der Waals surface area (Å²) in [5.74, 6) is -9.31. The highest BCUT2D eigenvalue weighted by molar-refractivity contribution is 14.1. The van der Waals surface area contributed by atoms with Crippen LogP contribution >= 0.6 is 22.6 Å². The average molecular weight is 682 g/mol. The largest absolute Gasteiger partial charge is 0.457 e. The van der Waals surface area contributed by atoms with Crippen LogP contribution in [0.15, 0.2) is 42.5 Å². The fourth-order valence-electron chi connectivity index (χ4n) is 3.53. The molecule has 3 rings (SSSR count). The van der Waals surface area contributed by atoms with Gasteiger partial charge in [0.15, 0.2) is 5.78 Å². The summed E-state index contributed by atoms with van der Waals surface area (Å²) in [6.45, 7) is -3.84. The smallest absolute Gasteiger partial charge is 0.434 e. The van der Waals surface area contributed by atoms with E-state index < -0.39 is 63.2 Å². The number of nitrogens with zero attached hydrogens (tertiary/aromatic N) is 2. The van der Waals surface area contributed by atoms with Crippen molar-refractivity contribution in [1.29, 1.82) is 5.26 Å². The summed E-state index contributed by atoms with van der Waals surface area (Å²) in [5, 5.41) is 9.26. The highest BCUT2D eigenvalue weighted by Gasteiger charge is 2.81. The Morgan fingerprint density at radius 2 is 1.59 bits per heavy atom. The van der Waals surface area contributed by atoms with E-state index in [9.17, 15) is 53.1 Å². The molecule has 1 aromatic heterocycles. The molecule has 16 heteroatoms. The number of hydrogen-bond acceptors (Lipinski definition) is 4. The van der Waals surface area contributed by atoms with Crippen molar-refractivity contribution in [2.24, 2.45) is 0 Å². The molecule has 1 unspecified atom stereocenters. The molecule has 0 fully saturated rings. The van der Waals surface area contributed by atoms with Crippen molar-refractivity contribution in [3.8, 4) is 11.8 Å². The Kier molecular flexibility index (Phi) is 8.08. The maximum Gasteiger partial charge on any atom is 0.457 e. The molecular weight excluding hydrogens is 672 g/mol. The lowest BCUT2D eigenvalue weighted by Gasteiger charge is -2.36. The Bertz CT molecular complexity index is 1470. The number of ether oxygens (including phenoxy) is 1. The lowest BCUT2D eigenvalue weighted by molar-refractivity contribution is -0.389. The van der Waals surface area contributed by atoms with Gasteiger partial charge in [0.05, 0.1) is 5.52 Å². The minimum Gasteiger partial charge on any atom is -0.434 e. The van der Waals surface area contributed by atoms with Crippen LogP contribution in [0.5, 0.6) is 5.75 Å². The monoisotopic (exact) mass is 682 g/mol. The molecule has 0 saturated carbocycles. The van der Waals surface area contributed by atoms with Crippen molar-refractivity contribution in [3.05, 3.63) is 68.4 Å². The van der Waals surface area contributed by atoms with Gasteiger partial charge >= 0.3 is 30.6 Å². The summed E-state index contributed by atoms with van der Waals surface area (Å²) >= 11 is 1.07. The van der Waals surface area contributed by atoms with Crippen molar-refractivity contribution >= 4 is 39.3 Å². The minimum atomic E-state index is -7.04. The molecule has 0 saturated heterocycles. The standard InChI is InChI=1S/C23H10F11IN2O2/c24-19(25)39-18-7-12(20(26,22(29,30)31)21(27,28)23(32,33)34)6-15(35)14(18)8-17(38)11-2-4-16-10(5-11)1-3-13(9-36)37-16/h1-7,19H,8H2. The molecule has 2 aromatic carbocycles. The Hall–Kier alpha value is -3.23. The van der Waals surface area contributed by atoms with Crippen LogP contribution in [-0.2, 0) is 12.1 Å². The van der Waals surface area contributed by atoms with E-state index in [1.54, 1.807) is 6.07 Å². The van der Waals surface area contributed by atoms with Crippen LogP contribution in [0.4, 0.5) is 48.3 Å². The van der Waals surface area contributed by atoms with E-state index in [2.05, 4.69) is 9.72 Å². The van der Waals surface area contributed by atoms with Gasteiger partial charge in [0, 0.05) is 32.1 Å². The van der Waals surface area contributed by atoms with Gasteiger partial charge in [-0.2, -0.15) is 49.2 Å². The zero-order valence-electron chi connectivity index (χ0n) is 18.6. The van der Waals surface area contributed by atoms with Crippen LogP contribution in [-0.4, -0.2) is 35.7 Å². The van der Waals surface area contributed by atoms with E-state index in [1.165, 1.54) is 30.3 Å². The number of pyridine rings is 1. The molecule has 0 N–H and O–H groups in total. The summed E-state index contributed by atoms with van der Waals surface area (Å²) in [5.41, 5.74) is -9.11. The predicted octanol–water partition coefficient (Wildman–Crippen LogP) is 7.66. The molecule has 3 aromatic rings. The van der Waals surface area contributed by atoms with Crippen molar-refractivity contribution in [2.75, 3.05) is 0 Å². The Labute approximate surface area is 224 Å². The Morgan fingerprint density at radius 1 is 0.949 bits per heavy atom. The second-order valence-corrected chi connectivity index (χ2v) is 9.02. The number of halogens is 12. The third kappa shape index (κ3) is 5.58.